The molecule has 0 spiro atoms. The molecule has 6 heteroatoms. The third kappa shape index (κ3) is 3.78. The quantitative estimate of drug-likeness (QED) is 0.539. The molecule has 2 aromatic rings. The van der Waals surface area contributed by atoms with Gasteiger partial charge in [-0.25, -0.2) is 4.79 Å². The van der Waals surface area contributed by atoms with Crippen molar-refractivity contribution in [3.05, 3.63) is 47.7 Å². The number of amides is 1. The van der Waals surface area contributed by atoms with Gasteiger partial charge in [0.05, 0.1) is 13.2 Å². The van der Waals surface area contributed by atoms with E-state index in [1.54, 1.807) is 6.07 Å². The number of aryl methyl sites for hydroxylation is 2. The molecule has 0 aliphatic rings. The molecule has 0 bridgehead atoms. The van der Waals surface area contributed by atoms with E-state index in [1.165, 1.54) is 6.08 Å². The molecule has 0 radical (unpaired) electrons. The molecule has 2 rings (SSSR count). The van der Waals surface area contributed by atoms with E-state index in [4.69, 9.17) is 9.84 Å². The van der Waals surface area contributed by atoms with E-state index in [-0.39, 0.29) is 13.2 Å². The summed E-state index contributed by atoms with van der Waals surface area (Å²) < 4.78 is 5.11. The van der Waals surface area contributed by atoms with E-state index in [2.05, 4.69) is 16.9 Å². The summed E-state index contributed by atoms with van der Waals surface area (Å²) in [7, 11) is 0. The Kier molecular flexibility index (Phi) is 5.18. The molecule has 1 aromatic heterocycles. The zero-order valence-electron chi connectivity index (χ0n) is 13.2. The first-order valence-electron chi connectivity index (χ1n) is 7.25. The molecular weight excluding hydrogens is 296 g/mol. The predicted octanol–water partition coefficient (Wildman–Crippen LogP) is 2.17. The van der Waals surface area contributed by atoms with Crippen LogP contribution in [-0.4, -0.2) is 41.2 Å². The fraction of sp³-hybridized carbons (Fsp3) is 0.294. The number of ether oxygens (including phenoxy) is 1. The largest absolute Gasteiger partial charge is 0.480 e. The molecule has 0 saturated heterocycles. The van der Waals surface area contributed by atoms with Crippen molar-refractivity contribution in [3.63, 3.8) is 0 Å². The van der Waals surface area contributed by atoms with Crippen molar-refractivity contribution in [1.82, 2.24) is 10.3 Å². The van der Waals surface area contributed by atoms with Crippen molar-refractivity contribution in [3.8, 4) is 0 Å². The number of aromatic nitrogens is 1. The number of hydrogen-bond acceptors (Lipinski definition) is 3. The number of aromatic amines is 1. The van der Waals surface area contributed by atoms with Gasteiger partial charge in [-0.15, -0.1) is 6.58 Å². The predicted molar refractivity (Wildman–Crippen MR) is 87.7 cm³/mol. The fourth-order valence-electron chi connectivity index (χ4n) is 2.26. The SMILES string of the molecule is C=CCOCC(NC(=O)c1cc2c(C)c(C)ccc2[nH]1)C(=O)O. The maximum absolute atomic E-state index is 12.3. The lowest BCUT2D eigenvalue weighted by atomic mass is 10.1. The van der Waals surface area contributed by atoms with Gasteiger partial charge in [0.2, 0.25) is 0 Å². The number of carboxylic acids is 1. The summed E-state index contributed by atoms with van der Waals surface area (Å²) in [6.45, 7) is 7.57. The van der Waals surface area contributed by atoms with Gasteiger partial charge in [0.15, 0.2) is 6.04 Å². The summed E-state index contributed by atoms with van der Waals surface area (Å²) in [4.78, 5) is 26.5. The highest BCUT2D eigenvalue weighted by Crippen LogP contribution is 2.22. The second-order valence-corrected chi connectivity index (χ2v) is 5.34. The van der Waals surface area contributed by atoms with Crippen molar-refractivity contribution < 1.29 is 19.4 Å². The van der Waals surface area contributed by atoms with E-state index in [0.717, 1.165) is 22.0 Å². The summed E-state index contributed by atoms with van der Waals surface area (Å²) in [6.07, 6.45) is 1.52. The molecule has 0 aliphatic heterocycles. The van der Waals surface area contributed by atoms with Crippen LogP contribution in [0.1, 0.15) is 21.6 Å². The molecule has 23 heavy (non-hydrogen) atoms. The minimum absolute atomic E-state index is 0.120. The number of benzene rings is 1. The first kappa shape index (κ1) is 16.8. The molecule has 0 aliphatic carbocycles. The van der Waals surface area contributed by atoms with Gasteiger partial charge in [-0.1, -0.05) is 12.1 Å². The zero-order valence-corrected chi connectivity index (χ0v) is 13.2. The Morgan fingerprint density at radius 1 is 1.43 bits per heavy atom. The van der Waals surface area contributed by atoms with Crippen LogP contribution in [0.4, 0.5) is 0 Å². The van der Waals surface area contributed by atoms with Gasteiger partial charge in [-0.3, -0.25) is 4.79 Å². The van der Waals surface area contributed by atoms with Crippen LogP contribution in [0.2, 0.25) is 0 Å². The van der Waals surface area contributed by atoms with E-state index < -0.39 is 17.9 Å². The van der Waals surface area contributed by atoms with Gasteiger partial charge in [0, 0.05) is 10.9 Å². The Hall–Kier alpha value is -2.60. The van der Waals surface area contributed by atoms with Crippen LogP contribution in [0, 0.1) is 13.8 Å². The monoisotopic (exact) mass is 316 g/mol. The van der Waals surface area contributed by atoms with Crippen LogP contribution in [0.15, 0.2) is 30.9 Å². The lowest BCUT2D eigenvalue weighted by Gasteiger charge is -2.13. The van der Waals surface area contributed by atoms with Crippen LogP contribution >= 0.6 is 0 Å². The summed E-state index contributed by atoms with van der Waals surface area (Å²) in [5.41, 5.74) is 3.38. The Balaban J connectivity index is 2.17. The van der Waals surface area contributed by atoms with Crippen molar-refractivity contribution in [2.45, 2.75) is 19.9 Å². The average Bonchev–Trinajstić information content (AvgIpc) is 2.95. The minimum atomic E-state index is -1.15. The van der Waals surface area contributed by atoms with E-state index in [9.17, 15) is 9.59 Å². The lowest BCUT2D eigenvalue weighted by molar-refractivity contribution is -0.140. The normalized spacial score (nSPS) is 12.1. The first-order chi connectivity index (χ1) is 10.9. The lowest BCUT2D eigenvalue weighted by Crippen LogP contribution is -2.44. The van der Waals surface area contributed by atoms with Crippen molar-refractivity contribution >= 4 is 22.8 Å². The highest BCUT2D eigenvalue weighted by atomic mass is 16.5. The summed E-state index contributed by atoms with van der Waals surface area (Å²) in [5.74, 6) is -1.63. The zero-order chi connectivity index (χ0) is 17.0. The van der Waals surface area contributed by atoms with Crippen LogP contribution in [0.3, 0.4) is 0 Å². The molecule has 6 nitrogen and oxygen atoms in total. The second-order valence-electron chi connectivity index (χ2n) is 5.34. The molecule has 122 valence electrons. The second kappa shape index (κ2) is 7.11. The smallest absolute Gasteiger partial charge is 0.328 e. The van der Waals surface area contributed by atoms with Crippen molar-refractivity contribution in [2.24, 2.45) is 0 Å². The third-order valence-electron chi connectivity index (χ3n) is 3.71. The first-order valence-corrected chi connectivity index (χ1v) is 7.25. The standard InChI is InChI=1S/C17H20N2O4/c1-4-7-23-9-15(17(21)22)19-16(20)14-8-12-11(3)10(2)5-6-13(12)18-14/h4-6,8,15,18H,1,7,9H2,2-3H3,(H,19,20)(H,21,22). The Labute approximate surface area is 134 Å². The van der Waals surface area contributed by atoms with Crippen LogP contribution < -0.4 is 5.32 Å². The fourth-order valence-corrected chi connectivity index (χ4v) is 2.26. The molecule has 3 N–H and O–H groups in total. The minimum Gasteiger partial charge on any atom is -0.480 e. The summed E-state index contributed by atoms with van der Waals surface area (Å²) in [6, 6.07) is 4.49. The summed E-state index contributed by atoms with van der Waals surface area (Å²) in [5, 5.41) is 12.6. The number of rotatable bonds is 7. The van der Waals surface area contributed by atoms with E-state index in [0.29, 0.717) is 5.69 Å². The maximum Gasteiger partial charge on any atom is 0.328 e. The molecule has 1 aromatic carbocycles. The van der Waals surface area contributed by atoms with Gasteiger partial charge in [-0.05, 0) is 37.1 Å². The molecule has 1 amide bonds. The van der Waals surface area contributed by atoms with Crippen LogP contribution in [-0.2, 0) is 9.53 Å². The number of aliphatic carboxylic acids is 1. The number of carbonyl (C=O) groups excluding carboxylic acids is 1. The molecule has 0 saturated carbocycles. The summed E-state index contributed by atoms with van der Waals surface area (Å²) >= 11 is 0. The number of nitrogens with one attached hydrogen (secondary N) is 2. The van der Waals surface area contributed by atoms with Crippen LogP contribution in [0.25, 0.3) is 10.9 Å². The topological polar surface area (TPSA) is 91.4 Å². The highest BCUT2D eigenvalue weighted by molar-refractivity contribution is 6.00. The van der Waals surface area contributed by atoms with Crippen molar-refractivity contribution in [2.75, 3.05) is 13.2 Å². The molecular formula is C17H20N2O4. The number of fused-ring (bicyclic) bond motifs is 1. The highest BCUT2D eigenvalue weighted by Gasteiger charge is 2.22. The van der Waals surface area contributed by atoms with Gasteiger partial charge in [-0.2, -0.15) is 0 Å². The third-order valence-corrected chi connectivity index (χ3v) is 3.71. The number of carboxylic acid groups (broad SMARTS) is 1. The Bertz CT molecular complexity index is 748. The maximum atomic E-state index is 12.3. The van der Waals surface area contributed by atoms with Gasteiger partial charge in [0.25, 0.3) is 5.91 Å². The number of H-pyrrole nitrogens is 1. The molecule has 0 fully saturated rings. The van der Waals surface area contributed by atoms with Gasteiger partial charge in [0.1, 0.15) is 5.69 Å². The molecule has 1 heterocycles. The van der Waals surface area contributed by atoms with Crippen LogP contribution in [0.5, 0.6) is 0 Å². The number of hydrogen-bond donors (Lipinski definition) is 3. The van der Waals surface area contributed by atoms with Gasteiger partial charge < -0.3 is 20.1 Å². The van der Waals surface area contributed by atoms with E-state index >= 15 is 0 Å². The van der Waals surface area contributed by atoms with Crippen molar-refractivity contribution in [1.29, 1.82) is 0 Å². The Morgan fingerprint density at radius 3 is 2.83 bits per heavy atom. The molecule has 1 unspecified atom stereocenters. The average molecular weight is 316 g/mol. The van der Waals surface area contributed by atoms with Gasteiger partial charge >= 0.3 is 5.97 Å². The van der Waals surface area contributed by atoms with E-state index in [1.807, 2.05) is 26.0 Å². The number of carbonyl (C=O) groups is 2. The Morgan fingerprint density at radius 2 is 2.17 bits per heavy atom. The molecule has 1 atom stereocenters.